The number of halogens is 2. The van der Waals surface area contributed by atoms with Crippen LogP contribution >= 0.6 is 34.5 Å². The molecule has 2 aromatic carbocycles. The van der Waals surface area contributed by atoms with Crippen LogP contribution in [0.15, 0.2) is 58.8 Å². The summed E-state index contributed by atoms with van der Waals surface area (Å²) in [6.07, 6.45) is 0. The van der Waals surface area contributed by atoms with Gasteiger partial charge in [-0.15, -0.1) is 11.3 Å². The third kappa shape index (κ3) is 4.62. The Morgan fingerprint density at radius 3 is 2.41 bits per heavy atom. The molecule has 0 aliphatic heterocycles. The van der Waals surface area contributed by atoms with Crippen LogP contribution in [0.1, 0.15) is 15.2 Å². The van der Waals surface area contributed by atoms with Gasteiger partial charge in [0.1, 0.15) is 4.88 Å². The van der Waals surface area contributed by atoms with E-state index in [1.807, 2.05) is 0 Å². The van der Waals surface area contributed by atoms with Gasteiger partial charge < -0.3 is 5.32 Å². The Balaban J connectivity index is 1.88. The smallest absolute Gasteiger partial charge is 0.267 e. The number of carbonyl (C=O) groups is 1. The first-order valence-corrected chi connectivity index (χ1v) is 10.8. The number of thiophene rings is 1. The van der Waals surface area contributed by atoms with E-state index in [9.17, 15) is 13.2 Å². The summed E-state index contributed by atoms with van der Waals surface area (Å²) in [5, 5.41) is 5.35. The van der Waals surface area contributed by atoms with Crippen molar-refractivity contribution in [1.29, 1.82) is 0 Å². The fraction of sp³-hybridized carbons (Fsp3) is 0.0556. The summed E-state index contributed by atoms with van der Waals surface area (Å²) in [5.41, 5.74) is 1.41. The van der Waals surface area contributed by atoms with Gasteiger partial charge in [-0.3, -0.25) is 9.52 Å². The highest BCUT2D eigenvalue weighted by Crippen LogP contribution is 2.31. The van der Waals surface area contributed by atoms with Crippen LogP contribution in [0, 0.1) is 6.92 Å². The van der Waals surface area contributed by atoms with Crippen LogP contribution in [0.25, 0.3) is 0 Å². The molecule has 0 saturated carbocycles. The van der Waals surface area contributed by atoms with Crippen molar-refractivity contribution in [2.75, 3.05) is 10.0 Å². The summed E-state index contributed by atoms with van der Waals surface area (Å²) >= 11 is 12.9. The Kier molecular flexibility index (Phi) is 5.76. The molecule has 0 radical (unpaired) electrons. The zero-order valence-electron chi connectivity index (χ0n) is 14.0. The number of benzene rings is 2. The Morgan fingerprint density at radius 2 is 1.74 bits per heavy atom. The average Bonchev–Trinajstić information content (AvgIpc) is 2.95. The van der Waals surface area contributed by atoms with Crippen molar-refractivity contribution in [1.82, 2.24) is 0 Å². The van der Waals surface area contributed by atoms with E-state index in [1.54, 1.807) is 36.6 Å². The summed E-state index contributed by atoms with van der Waals surface area (Å²) in [4.78, 5) is 12.9. The van der Waals surface area contributed by atoms with Gasteiger partial charge in [0.2, 0.25) is 0 Å². The molecule has 9 heteroatoms. The number of rotatable bonds is 5. The number of anilines is 2. The third-order valence-electron chi connectivity index (χ3n) is 3.62. The summed E-state index contributed by atoms with van der Waals surface area (Å²) in [5.74, 6) is -0.427. The van der Waals surface area contributed by atoms with Crippen molar-refractivity contribution in [3.63, 3.8) is 0 Å². The molecule has 0 fully saturated rings. The van der Waals surface area contributed by atoms with E-state index in [-0.39, 0.29) is 15.5 Å². The van der Waals surface area contributed by atoms with Gasteiger partial charge >= 0.3 is 0 Å². The number of nitrogens with one attached hydrogen (secondary N) is 2. The molecule has 0 aliphatic rings. The quantitative estimate of drug-likeness (QED) is 0.556. The minimum Gasteiger partial charge on any atom is -0.321 e. The van der Waals surface area contributed by atoms with E-state index in [0.29, 0.717) is 21.3 Å². The molecule has 1 heterocycles. The van der Waals surface area contributed by atoms with Gasteiger partial charge in [-0.25, -0.2) is 8.42 Å². The first-order chi connectivity index (χ1) is 12.8. The number of aryl methyl sites for hydroxylation is 1. The number of hydrogen-bond acceptors (Lipinski definition) is 4. The first-order valence-electron chi connectivity index (χ1n) is 7.69. The minimum atomic E-state index is -3.86. The zero-order chi connectivity index (χ0) is 19.6. The SMILES string of the molecule is Cc1csc(C(=O)Nc2cccc(Cl)c2)c1NS(=O)(=O)c1ccc(Cl)cc1. The predicted octanol–water partition coefficient (Wildman–Crippen LogP) is 5.42. The number of carbonyl (C=O) groups excluding carboxylic acids is 1. The van der Waals surface area contributed by atoms with Crippen LogP contribution in [0.4, 0.5) is 11.4 Å². The molecule has 1 aromatic heterocycles. The van der Waals surface area contributed by atoms with Crippen LogP contribution in [0.2, 0.25) is 10.0 Å². The lowest BCUT2D eigenvalue weighted by Gasteiger charge is -2.11. The van der Waals surface area contributed by atoms with E-state index in [1.165, 1.54) is 24.3 Å². The fourth-order valence-electron chi connectivity index (χ4n) is 2.30. The Morgan fingerprint density at radius 1 is 1.04 bits per heavy atom. The topological polar surface area (TPSA) is 75.3 Å². The van der Waals surface area contributed by atoms with E-state index < -0.39 is 15.9 Å². The van der Waals surface area contributed by atoms with Gasteiger partial charge in [-0.05, 0) is 60.3 Å². The first kappa shape index (κ1) is 19.7. The molecule has 140 valence electrons. The van der Waals surface area contributed by atoms with Crippen LogP contribution in [-0.2, 0) is 10.0 Å². The number of hydrogen-bond donors (Lipinski definition) is 2. The molecule has 2 N–H and O–H groups in total. The highest BCUT2D eigenvalue weighted by Gasteiger charge is 2.22. The number of amides is 1. The molecule has 1 amide bonds. The van der Waals surface area contributed by atoms with Gasteiger partial charge in [0.05, 0.1) is 10.6 Å². The molecule has 3 rings (SSSR count). The molecule has 0 aliphatic carbocycles. The highest BCUT2D eigenvalue weighted by atomic mass is 35.5. The van der Waals surface area contributed by atoms with Crippen molar-refractivity contribution in [3.8, 4) is 0 Å². The molecule has 0 atom stereocenters. The predicted molar refractivity (Wildman–Crippen MR) is 111 cm³/mol. The van der Waals surface area contributed by atoms with Crippen molar-refractivity contribution < 1.29 is 13.2 Å². The van der Waals surface area contributed by atoms with Crippen molar-refractivity contribution in [2.24, 2.45) is 0 Å². The standard InChI is InChI=1S/C18H14Cl2N2O3S2/c1-11-10-26-17(18(23)21-14-4-2-3-13(20)9-14)16(11)22-27(24,25)15-7-5-12(19)6-8-15/h2-10,22H,1H3,(H,21,23). The van der Waals surface area contributed by atoms with Gasteiger partial charge in [0, 0.05) is 15.7 Å². The molecular weight excluding hydrogens is 427 g/mol. The molecule has 0 spiro atoms. The van der Waals surface area contributed by atoms with Crippen molar-refractivity contribution in [2.45, 2.75) is 11.8 Å². The normalized spacial score (nSPS) is 11.2. The molecule has 0 saturated heterocycles. The van der Waals surface area contributed by atoms with Gasteiger partial charge in [0.15, 0.2) is 0 Å². The molecule has 3 aromatic rings. The molecular formula is C18H14Cl2N2O3S2. The van der Waals surface area contributed by atoms with Gasteiger partial charge in [-0.2, -0.15) is 0 Å². The van der Waals surface area contributed by atoms with E-state index in [4.69, 9.17) is 23.2 Å². The second-order valence-corrected chi connectivity index (χ2v) is 9.08. The van der Waals surface area contributed by atoms with E-state index in [2.05, 4.69) is 10.0 Å². The van der Waals surface area contributed by atoms with Crippen LogP contribution in [0.3, 0.4) is 0 Å². The van der Waals surface area contributed by atoms with Crippen LogP contribution in [0.5, 0.6) is 0 Å². The van der Waals surface area contributed by atoms with Crippen LogP contribution < -0.4 is 10.0 Å². The Hall–Kier alpha value is -2.06. The summed E-state index contributed by atoms with van der Waals surface area (Å²) < 4.78 is 27.8. The van der Waals surface area contributed by atoms with E-state index in [0.717, 1.165) is 11.3 Å². The minimum absolute atomic E-state index is 0.0544. The largest absolute Gasteiger partial charge is 0.321 e. The van der Waals surface area contributed by atoms with Crippen LogP contribution in [-0.4, -0.2) is 14.3 Å². The highest BCUT2D eigenvalue weighted by molar-refractivity contribution is 7.92. The monoisotopic (exact) mass is 440 g/mol. The van der Waals surface area contributed by atoms with Crippen molar-refractivity contribution in [3.05, 3.63) is 74.4 Å². The Labute approximate surface area is 171 Å². The van der Waals surface area contributed by atoms with Gasteiger partial charge in [0.25, 0.3) is 15.9 Å². The summed E-state index contributed by atoms with van der Waals surface area (Å²) in [6, 6.07) is 12.5. The lowest BCUT2D eigenvalue weighted by molar-refractivity contribution is 0.103. The molecule has 27 heavy (non-hydrogen) atoms. The second kappa shape index (κ2) is 7.90. The van der Waals surface area contributed by atoms with Gasteiger partial charge in [-0.1, -0.05) is 29.3 Å². The maximum Gasteiger partial charge on any atom is 0.267 e. The summed E-state index contributed by atoms with van der Waals surface area (Å²) in [6.45, 7) is 1.73. The molecule has 5 nitrogen and oxygen atoms in total. The maximum atomic E-state index is 12.6. The Bertz CT molecular complexity index is 1090. The third-order valence-corrected chi connectivity index (χ3v) is 6.57. The molecule has 0 bridgehead atoms. The zero-order valence-corrected chi connectivity index (χ0v) is 17.1. The maximum absolute atomic E-state index is 12.6. The lowest BCUT2D eigenvalue weighted by atomic mass is 10.2. The van der Waals surface area contributed by atoms with E-state index >= 15 is 0 Å². The second-order valence-electron chi connectivity index (χ2n) is 5.65. The lowest BCUT2D eigenvalue weighted by Crippen LogP contribution is -2.17. The molecule has 0 unspecified atom stereocenters. The van der Waals surface area contributed by atoms with Crippen molar-refractivity contribution >= 4 is 61.8 Å². The number of sulfonamides is 1. The fourth-order valence-corrected chi connectivity index (χ4v) is 4.72. The average molecular weight is 441 g/mol. The summed E-state index contributed by atoms with van der Waals surface area (Å²) in [7, 11) is -3.86.